The number of halogens is 2. The van der Waals surface area contributed by atoms with Gasteiger partial charge in [-0.1, -0.05) is 22.0 Å². The summed E-state index contributed by atoms with van der Waals surface area (Å²) >= 11 is 3.40. The van der Waals surface area contributed by atoms with Crippen molar-refractivity contribution in [3.05, 3.63) is 33.8 Å². The Morgan fingerprint density at radius 1 is 1.33 bits per heavy atom. The van der Waals surface area contributed by atoms with Crippen molar-refractivity contribution in [2.24, 2.45) is 0 Å². The number of fused-ring (bicyclic) bond motifs is 1. The van der Waals surface area contributed by atoms with Crippen molar-refractivity contribution in [3.8, 4) is 0 Å². The van der Waals surface area contributed by atoms with Gasteiger partial charge in [-0.3, -0.25) is 0 Å². The van der Waals surface area contributed by atoms with Crippen LogP contribution in [-0.4, -0.2) is 13.7 Å². The van der Waals surface area contributed by atoms with Crippen LogP contribution in [0.15, 0.2) is 22.7 Å². The molecule has 1 aliphatic rings. The van der Waals surface area contributed by atoms with Crippen LogP contribution in [-0.2, 0) is 21.9 Å². The Labute approximate surface area is 102 Å². The third kappa shape index (κ3) is 2.55. The Morgan fingerprint density at radius 3 is 2.73 bits per heavy atom. The Hall–Kier alpha value is -0.0600. The summed E-state index contributed by atoms with van der Waals surface area (Å²) in [7, 11) is 1.95. The molecule has 0 amide bonds. The van der Waals surface area contributed by atoms with Gasteiger partial charge in [0.25, 0.3) is 0 Å². The molecule has 2 nitrogen and oxygen atoms in total. The van der Waals surface area contributed by atoms with Crippen LogP contribution in [0.2, 0.25) is 0 Å². The first kappa shape index (κ1) is 11.4. The molecule has 0 heterocycles. The van der Waals surface area contributed by atoms with Gasteiger partial charge in [-0.25, -0.2) is 8.42 Å². The predicted octanol–water partition coefficient (Wildman–Crippen LogP) is 2.88. The minimum atomic E-state index is -3.42. The molecule has 0 N–H and O–H groups in total. The average Bonchev–Trinajstić information content (AvgIpc) is 2.15. The predicted molar refractivity (Wildman–Crippen MR) is 64.7 cm³/mol. The monoisotopic (exact) mass is 308 g/mol. The summed E-state index contributed by atoms with van der Waals surface area (Å²) in [6, 6.07) is 5.95. The molecule has 15 heavy (non-hydrogen) atoms. The van der Waals surface area contributed by atoms with E-state index in [1.165, 1.54) is 5.56 Å². The van der Waals surface area contributed by atoms with Crippen molar-refractivity contribution in [2.45, 2.75) is 24.5 Å². The molecular weight excluding hydrogens is 300 g/mol. The normalized spacial score (nSPS) is 21.1. The quantitative estimate of drug-likeness (QED) is 0.748. The van der Waals surface area contributed by atoms with Gasteiger partial charge in [0.15, 0.2) is 0 Å². The lowest BCUT2D eigenvalue weighted by atomic mass is 9.91. The van der Waals surface area contributed by atoms with Crippen molar-refractivity contribution >= 4 is 35.7 Å². The maximum absolute atomic E-state index is 11.2. The second kappa shape index (κ2) is 4.07. The maximum atomic E-state index is 11.2. The fourth-order valence-corrected chi connectivity index (χ4v) is 3.57. The Morgan fingerprint density at radius 2 is 2.07 bits per heavy atom. The maximum Gasteiger partial charge on any atom is 0.235 e. The summed E-state index contributed by atoms with van der Waals surface area (Å²) in [5.74, 6) is 0. The number of benzene rings is 1. The fraction of sp³-hybridized carbons (Fsp3) is 0.400. The van der Waals surface area contributed by atoms with E-state index in [4.69, 9.17) is 10.7 Å². The van der Waals surface area contributed by atoms with Gasteiger partial charge in [-0.15, -0.1) is 0 Å². The number of hydrogen-bond donors (Lipinski definition) is 0. The lowest BCUT2D eigenvalue weighted by Crippen LogP contribution is -2.24. The minimum absolute atomic E-state index is 0.423. The van der Waals surface area contributed by atoms with Crippen molar-refractivity contribution in [2.75, 3.05) is 0 Å². The third-order valence-electron chi connectivity index (χ3n) is 2.75. The SMILES string of the molecule is O=S(=O)(Cl)[C@H]1CCc2cc(Br)ccc2C1. The third-order valence-corrected chi connectivity index (χ3v) is 5.20. The van der Waals surface area contributed by atoms with Crippen LogP contribution in [0.3, 0.4) is 0 Å². The van der Waals surface area contributed by atoms with Crippen molar-refractivity contribution in [1.82, 2.24) is 0 Å². The molecule has 1 atom stereocenters. The summed E-state index contributed by atoms with van der Waals surface area (Å²) in [5, 5.41) is -0.423. The average molecular weight is 310 g/mol. The molecule has 1 aromatic rings. The Kier molecular flexibility index (Phi) is 3.10. The van der Waals surface area contributed by atoms with Gasteiger partial charge in [-0.2, -0.15) is 0 Å². The lowest BCUT2D eigenvalue weighted by molar-refractivity contribution is 0.575. The molecule has 5 heteroatoms. The fourth-order valence-electron chi connectivity index (χ4n) is 1.93. The second-order valence-electron chi connectivity index (χ2n) is 3.75. The van der Waals surface area contributed by atoms with Gasteiger partial charge in [0.1, 0.15) is 0 Å². The van der Waals surface area contributed by atoms with Crippen LogP contribution >= 0.6 is 26.6 Å². The molecule has 0 radical (unpaired) electrons. The van der Waals surface area contributed by atoms with Crippen LogP contribution in [0.4, 0.5) is 0 Å². The van der Waals surface area contributed by atoms with Crippen molar-refractivity contribution < 1.29 is 8.42 Å². The molecule has 0 aromatic heterocycles. The van der Waals surface area contributed by atoms with E-state index >= 15 is 0 Å². The van der Waals surface area contributed by atoms with Crippen LogP contribution in [0, 0.1) is 0 Å². The van der Waals surface area contributed by atoms with E-state index in [0.29, 0.717) is 12.8 Å². The number of aryl methyl sites for hydroxylation is 1. The molecule has 1 aromatic carbocycles. The smallest absolute Gasteiger partial charge is 0.212 e. The number of rotatable bonds is 1. The van der Waals surface area contributed by atoms with Crippen LogP contribution in [0.1, 0.15) is 17.5 Å². The molecule has 0 bridgehead atoms. The lowest BCUT2D eigenvalue weighted by Gasteiger charge is -2.22. The second-order valence-corrected chi connectivity index (χ2v) is 7.58. The van der Waals surface area contributed by atoms with E-state index in [-0.39, 0.29) is 0 Å². The molecule has 0 saturated carbocycles. The van der Waals surface area contributed by atoms with Gasteiger partial charge in [0.05, 0.1) is 5.25 Å². The van der Waals surface area contributed by atoms with Gasteiger partial charge in [0.2, 0.25) is 9.05 Å². The zero-order valence-corrected chi connectivity index (χ0v) is 11.1. The van der Waals surface area contributed by atoms with E-state index in [1.807, 2.05) is 18.2 Å². The zero-order chi connectivity index (χ0) is 11.1. The van der Waals surface area contributed by atoms with E-state index < -0.39 is 14.3 Å². The van der Waals surface area contributed by atoms with E-state index in [2.05, 4.69) is 15.9 Å². The largest absolute Gasteiger partial charge is 0.235 e. The highest BCUT2D eigenvalue weighted by molar-refractivity contribution is 9.10. The molecule has 0 fully saturated rings. The number of hydrogen-bond acceptors (Lipinski definition) is 2. The highest BCUT2D eigenvalue weighted by Gasteiger charge is 2.27. The molecule has 0 saturated heterocycles. The Bertz CT molecular complexity index is 484. The highest BCUT2D eigenvalue weighted by Crippen LogP contribution is 2.29. The minimum Gasteiger partial charge on any atom is -0.212 e. The van der Waals surface area contributed by atoms with E-state index in [9.17, 15) is 8.42 Å². The molecule has 1 aliphatic carbocycles. The van der Waals surface area contributed by atoms with Crippen molar-refractivity contribution in [1.29, 1.82) is 0 Å². The van der Waals surface area contributed by atoms with E-state index in [0.717, 1.165) is 16.5 Å². The first-order chi connectivity index (χ1) is 6.97. The topological polar surface area (TPSA) is 34.1 Å². The first-order valence-corrected chi connectivity index (χ1v) is 7.84. The molecule has 0 unspecified atom stereocenters. The molecule has 0 aliphatic heterocycles. The van der Waals surface area contributed by atoms with Gasteiger partial charge in [0, 0.05) is 15.2 Å². The first-order valence-electron chi connectivity index (χ1n) is 4.67. The summed E-state index contributed by atoms with van der Waals surface area (Å²) in [6.45, 7) is 0. The standard InChI is InChI=1S/C10H10BrClO2S/c11-9-3-1-8-6-10(15(12,13)14)4-2-7(8)5-9/h1,3,5,10H,2,4,6H2/t10-/m0/s1. The van der Waals surface area contributed by atoms with E-state index in [1.54, 1.807) is 0 Å². The highest BCUT2D eigenvalue weighted by atomic mass is 79.9. The van der Waals surface area contributed by atoms with Gasteiger partial charge >= 0.3 is 0 Å². The molecule has 82 valence electrons. The Balaban J connectivity index is 2.32. The summed E-state index contributed by atoms with van der Waals surface area (Å²) in [4.78, 5) is 0. The van der Waals surface area contributed by atoms with Gasteiger partial charge in [-0.05, 0) is 42.5 Å². The van der Waals surface area contributed by atoms with Gasteiger partial charge < -0.3 is 0 Å². The van der Waals surface area contributed by atoms with Crippen LogP contribution in [0.25, 0.3) is 0 Å². The van der Waals surface area contributed by atoms with Crippen molar-refractivity contribution in [3.63, 3.8) is 0 Å². The zero-order valence-electron chi connectivity index (χ0n) is 7.91. The summed E-state index contributed by atoms with van der Waals surface area (Å²) < 4.78 is 23.5. The molecule has 2 rings (SSSR count). The molecule has 0 spiro atoms. The molecular formula is C10H10BrClO2S. The van der Waals surface area contributed by atoms with Crippen LogP contribution in [0.5, 0.6) is 0 Å². The summed E-state index contributed by atoms with van der Waals surface area (Å²) in [6.07, 6.45) is 1.94. The summed E-state index contributed by atoms with van der Waals surface area (Å²) in [5.41, 5.74) is 2.32. The van der Waals surface area contributed by atoms with Crippen LogP contribution < -0.4 is 0 Å².